The minimum Gasteiger partial charge on any atom is -0.461 e. The lowest BCUT2D eigenvalue weighted by Crippen LogP contribution is -2.28. The van der Waals surface area contributed by atoms with Crippen LogP contribution in [-0.4, -0.2) is 28.0 Å². The molecule has 0 saturated heterocycles. The normalized spacial score (nSPS) is 11.1. The molecule has 0 aliphatic rings. The number of carbonyl (C=O) groups excluding carboxylic acids is 2. The van der Waals surface area contributed by atoms with Crippen LogP contribution in [0, 0.1) is 12.8 Å². The van der Waals surface area contributed by atoms with Gasteiger partial charge in [0.05, 0.1) is 18.3 Å². The summed E-state index contributed by atoms with van der Waals surface area (Å²) in [4.78, 5) is 40.3. The summed E-state index contributed by atoms with van der Waals surface area (Å²) in [5.74, 6) is -0.868. The smallest absolute Gasteiger partial charge is 0.348 e. The molecule has 2 aromatic heterocycles. The maximum absolute atomic E-state index is 12.4. The van der Waals surface area contributed by atoms with Crippen LogP contribution in [0.1, 0.15) is 29.1 Å². The van der Waals surface area contributed by atoms with Crippen LogP contribution in [0.15, 0.2) is 11.1 Å². The Bertz CT molecular complexity index is 791. The summed E-state index contributed by atoms with van der Waals surface area (Å²) in [6.45, 7) is 5.61. The number of ether oxygens (including phenoxy) is 1. The van der Waals surface area contributed by atoms with Crippen LogP contribution in [-0.2, 0) is 16.1 Å². The van der Waals surface area contributed by atoms with Crippen LogP contribution < -0.4 is 11.3 Å². The predicted octanol–water partition coefficient (Wildman–Crippen LogP) is 1.06. The van der Waals surface area contributed by atoms with Gasteiger partial charge >= 0.3 is 5.97 Å². The van der Waals surface area contributed by atoms with Gasteiger partial charge in [0.15, 0.2) is 0 Å². The highest BCUT2D eigenvalue weighted by Crippen LogP contribution is 2.27. The third-order valence-corrected chi connectivity index (χ3v) is 4.16. The van der Waals surface area contributed by atoms with Gasteiger partial charge in [0.25, 0.3) is 5.56 Å². The zero-order chi connectivity index (χ0) is 16.4. The lowest BCUT2D eigenvalue weighted by molar-refractivity contribution is -0.118. The molecule has 0 aliphatic carbocycles. The van der Waals surface area contributed by atoms with Crippen molar-refractivity contribution < 1.29 is 14.3 Å². The van der Waals surface area contributed by atoms with E-state index in [4.69, 9.17) is 10.5 Å². The average Bonchev–Trinajstić information content (AvgIpc) is 2.77. The van der Waals surface area contributed by atoms with E-state index in [1.54, 1.807) is 6.92 Å². The van der Waals surface area contributed by atoms with Crippen molar-refractivity contribution in [2.75, 3.05) is 6.61 Å². The number of aromatic nitrogens is 2. The fourth-order valence-electron chi connectivity index (χ4n) is 1.94. The largest absolute Gasteiger partial charge is 0.461 e. The Labute approximate surface area is 130 Å². The Morgan fingerprint density at radius 3 is 2.73 bits per heavy atom. The first-order valence-electron chi connectivity index (χ1n) is 6.75. The molecule has 0 radical (unpaired) electrons. The summed E-state index contributed by atoms with van der Waals surface area (Å²) >= 11 is 1.11. The van der Waals surface area contributed by atoms with Gasteiger partial charge in [-0.3, -0.25) is 14.2 Å². The number of esters is 1. The third kappa shape index (κ3) is 3.16. The van der Waals surface area contributed by atoms with Crippen LogP contribution in [0.3, 0.4) is 0 Å². The summed E-state index contributed by atoms with van der Waals surface area (Å²) in [6, 6.07) is 0. The summed E-state index contributed by atoms with van der Waals surface area (Å²) in [7, 11) is 0. The van der Waals surface area contributed by atoms with Crippen LogP contribution in [0.25, 0.3) is 10.2 Å². The van der Waals surface area contributed by atoms with Gasteiger partial charge < -0.3 is 10.5 Å². The van der Waals surface area contributed by atoms with Gasteiger partial charge in [-0.2, -0.15) is 0 Å². The number of aryl methyl sites for hydroxylation is 1. The van der Waals surface area contributed by atoms with Crippen molar-refractivity contribution in [3.05, 3.63) is 27.1 Å². The predicted molar refractivity (Wildman–Crippen MR) is 82.9 cm³/mol. The van der Waals surface area contributed by atoms with Crippen molar-refractivity contribution in [3.63, 3.8) is 0 Å². The number of rotatable bonds is 5. The fraction of sp³-hybridized carbons (Fsp3) is 0.429. The van der Waals surface area contributed by atoms with Gasteiger partial charge in [0.1, 0.15) is 16.3 Å². The second kappa shape index (κ2) is 6.27. The molecule has 0 atom stereocenters. The summed E-state index contributed by atoms with van der Waals surface area (Å²) < 4.78 is 6.33. The van der Waals surface area contributed by atoms with Crippen LogP contribution in [0.2, 0.25) is 0 Å². The number of nitrogens with two attached hydrogens (primary N) is 1. The molecule has 2 rings (SSSR count). The number of thiophene rings is 1. The highest BCUT2D eigenvalue weighted by molar-refractivity contribution is 7.20. The molecule has 7 nitrogen and oxygen atoms in total. The highest BCUT2D eigenvalue weighted by Gasteiger charge is 2.21. The molecule has 118 valence electrons. The molecule has 8 heteroatoms. The van der Waals surface area contributed by atoms with Crippen molar-refractivity contribution >= 4 is 33.4 Å². The molecule has 22 heavy (non-hydrogen) atoms. The standard InChI is InChI=1S/C14H17N3O4S/c1-7(2)5-21-14(20)11-8(3)10-12(22-11)16-6-17(13(10)19)4-9(15)18/h6-7H,4-5H2,1-3H3,(H2,15,18). The van der Waals surface area contributed by atoms with Gasteiger partial charge in [0, 0.05) is 0 Å². The van der Waals surface area contributed by atoms with Gasteiger partial charge in [-0.15, -0.1) is 11.3 Å². The number of nitrogens with zero attached hydrogens (tertiary/aromatic N) is 2. The van der Waals surface area contributed by atoms with Crippen LogP contribution in [0.4, 0.5) is 0 Å². The van der Waals surface area contributed by atoms with Crippen LogP contribution in [0.5, 0.6) is 0 Å². The van der Waals surface area contributed by atoms with Gasteiger partial charge in [-0.25, -0.2) is 9.78 Å². The molecule has 0 spiro atoms. The van der Waals surface area contributed by atoms with Gasteiger partial charge in [-0.05, 0) is 18.4 Å². The molecule has 0 fully saturated rings. The monoisotopic (exact) mass is 323 g/mol. The van der Waals surface area contributed by atoms with E-state index in [0.717, 1.165) is 15.9 Å². The lowest BCUT2D eigenvalue weighted by atomic mass is 10.2. The molecule has 0 aromatic carbocycles. The Kier molecular flexibility index (Phi) is 4.60. The SMILES string of the molecule is Cc1c(C(=O)OCC(C)C)sc2ncn(CC(N)=O)c(=O)c12. The summed E-state index contributed by atoms with van der Waals surface area (Å²) in [5, 5.41) is 0.324. The molecular weight excluding hydrogens is 306 g/mol. The molecule has 0 aliphatic heterocycles. The Morgan fingerprint density at radius 2 is 2.14 bits per heavy atom. The van der Waals surface area contributed by atoms with Crippen molar-refractivity contribution in [1.82, 2.24) is 9.55 Å². The van der Waals surface area contributed by atoms with Crippen molar-refractivity contribution in [3.8, 4) is 0 Å². The molecule has 2 aromatic rings. The van der Waals surface area contributed by atoms with Crippen molar-refractivity contribution in [2.45, 2.75) is 27.3 Å². The fourth-order valence-corrected chi connectivity index (χ4v) is 2.98. The molecular formula is C14H17N3O4S. The maximum Gasteiger partial charge on any atom is 0.348 e. The van der Waals surface area contributed by atoms with E-state index >= 15 is 0 Å². The third-order valence-electron chi connectivity index (χ3n) is 2.98. The zero-order valence-corrected chi connectivity index (χ0v) is 13.4. The number of carbonyl (C=O) groups is 2. The first-order valence-corrected chi connectivity index (χ1v) is 7.56. The molecule has 2 N–H and O–H groups in total. The average molecular weight is 323 g/mol. The highest BCUT2D eigenvalue weighted by atomic mass is 32.1. The molecule has 2 heterocycles. The number of hydrogen-bond acceptors (Lipinski definition) is 6. The van der Waals surface area contributed by atoms with E-state index in [2.05, 4.69) is 4.98 Å². The molecule has 0 saturated carbocycles. The number of fused-ring (bicyclic) bond motifs is 1. The number of hydrogen-bond donors (Lipinski definition) is 1. The van der Waals surface area contributed by atoms with E-state index in [1.807, 2.05) is 13.8 Å². The quantitative estimate of drug-likeness (QED) is 0.829. The topological polar surface area (TPSA) is 104 Å². The molecule has 0 bridgehead atoms. The van der Waals surface area contributed by atoms with E-state index in [1.165, 1.54) is 6.33 Å². The summed E-state index contributed by atoms with van der Waals surface area (Å²) in [5.41, 5.74) is 5.23. The maximum atomic E-state index is 12.4. The Morgan fingerprint density at radius 1 is 1.45 bits per heavy atom. The second-order valence-electron chi connectivity index (χ2n) is 5.37. The summed E-state index contributed by atoms with van der Waals surface area (Å²) in [6.07, 6.45) is 1.26. The molecule has 1 amide bonds. The second-order valence-corrected chi connectivity index (χ2v) is 6.37. The minimum absolute atomic E-state index is 0.226. The van der Waals surface area contributed by atoms with Crippen molar-refractivity contribution in [2.24, 2.45) is 11.7 Å². The van der Waals surface area contributed by atoms with E-state index in [-0.39, 0.29) is 18.0 Å². The van der Waals surface area contributed by atoms with Crippen LogP contribution >= 0.6 is 11.3 Å². The first-order chi connectivity index (χ1) is 10.3. The Balaban J connectivity index is 2.45. The zero-order valence-electron chi connectivity index (χ0n) is 12.6. The van der Waals surface area contributed by atoms with E-state index < -0.39 is 11.9 Å². The number of primary amides is 1. The van der Waals surface area contributed by atoms with Gasteiger partial charge in [-0.1, -0.05) is 13.8 Å². The first kappa shape index (κ1) is 16.2. The lowest BCUT2D eigenvalue weighted by Gasteiger charge is -2.06. The Hall–Kier alpha value is -2.22. The minimum atomic E-state index is -0.632. The van der Waals surface area contributed by atoms with Gasteiger partial charge in [0.2, 0.25) is 5.91 Å². The number of amides is 1. The van der Waals surface area contributed by atoms with E-state index in [0.29, 0.717) is 27.3 Å². The van der Waals surface area contributed by atoms with E-state index in [9.17, 15) is 14.4 Å². The van der Waals surface area contributed by atoms with Crippen molar-refractivity contribution in [1.29, 1.82) is 0 Å². The molecule has 0 unspecified atom stereocenters.